The number of phenolic OH excluding ortho intramolecular Hbond substituents is 1. The van der Waals surface area contributed by atoms with Gasteiger partial charge in [0.2, 0.25) is 5.95 Å². The van der Waals surface area contributed by atoms with E-state index in [0.717, 1.165) is 5.56 Å². The molecular weight excluding hydrogens is 470 g/mol. The summed E-state index contributed by atoms with van der Waals surface area (Å²) in [6.45, 7) is 6.10. The summed E-state index contributed by atoms with van der Waals surface area (Å²) < 4.78 is 5.50. The molecule has 0 aliphatic carbocycles. The molecule has 1 aromatic heterocycles. The van der Waals surface area contributed by atoms with Crippen LogP contribution < -0.4 is 9.64 Å². The van der Waals surface area contributed by atoms with Gasteiger partial charge in [0.1, 0.15) is 17.3 Å². The van der Waals surface area contributed by atoms with Crippen LogP contribution in [-0.4, -0.2) is 39.0 Å². The van der Waals surface area contributed by atoms with Crippen molar-refractivity contribution in [1.82, 2.24) is 9.97 Å². The Kier molecular flexibility index (Phi) is 5.75. The Labute approximate surface area is 213 Å². The molecule has 0 saturated carbocycles. The number of para-hydroxylation sites is 2. The van der Waals surface area contributed by atoms with Gasteiger partial charge < -0.3 is 19.9 Å². The number of phenols is 1. The molecule has 8 heteroatoms. The van der Waals surface area contributed by atoms with E-state index in [1.807, 2.05) is 45.0 Å². The van der Waals surface area contributed by atoms with E-state index in [2.05, 4.69) is 9.97 Å². The van der Waals surface area contributed by atoms with Gasteiger partial charge in [-0.15, -0.1) is 0 Å². The summed E-state index contributed by atoms with van der Waals surface area (Å²) in [5, 5.41) is 21.8. The number of nitrogens with one attached hydrogen (secondary N) is 1. The van der Waals surface area contributed by atoms with Crippen molar-refractivity contribution in [2.24, 2.45) is 0 Å². The highest BCUT2D eigenvalue weighted by atomic mass is 16.5. The van der Waals surface area contributed by atoms with E-state index in [1.54, 1.807) is 30.3 Å². The smallest absolute Gasteiger partial charge is 0.302 e. The maximum absolute atomic E-state index is 13.5. The first-order valence-electron chi connectivity index (χ1n) is 11.8. The zero-order valence-corrected chi connectivity index (χ0v) is 20.9. The number of benzene rings is 3. The van der Waals surface area contributed by atoms with Crippen LogP contribution in [0.1, 0.15) is 43.5 Å². The molecule has 3 aromatic carbocycles. The zero-order chi connectivity index (χ0) is 26.5. The minimum Gasteiger partial charge on any atom is -0.508 e. The number of ether oxygens (including phenoxy) is 1. The van der Waals surface area contributed by atoms with Gasteiger partial charge in [-0.25, -0.2) is 4.98 Å². The van der Waals surface area contributed by atoms with Crippen LogP contribution in [0.4, 0.5) is 5.95 Å². The number of Topliss-reactive ketones (excluding diaryl/α,β-unsaturated/α-hetero) is 1. The third kappa shape index (κ3) is 4.10. The highest BCUT2D eigenvalue weighted by Gasteiger charge is 2.48. The summed E-state index contributed by atoms with van der Waals surface area (Å²) in [5.74, 6) is -1.61. The Morgan fingerprint density at radius 2 is 1.78 bits per heavy atom. The highest BCUT2D eigenvalue weighted by Crippen LogP contribution is 2.44. The number of aromatic nitrogens is 2. The number of imidazole rings is 1. The van der Waals surface area contributed by atoms with Crippen LogP contribution in [0, 0.1) is 0 Å². The van der Waals surface area contributed by atoms with Gasteiger partial charge in [-0.3, -0.25) is 14.5 Å². The molecule has 1 unspecified atom stereocenters. The molecule has 37 heavy (non-hydrogen) atoms. The number of rotatable bonds is 4. The SMILES string of the molecule is COc1ccc(C(C)(C)C)cc1/C(O)=C1\C(=O)C(=O)N(c2nc3ccccc3[nH]2)C1c1cccc(O)c1. The fourth-order valence-corrected chi connectivity index (χ4v) is 4.62. The molecule has 1 aliphatic rings. The summed E-state index contributed by atoms with van der Waals surface area (Å²) >= 11 is 0. The minimum absolute atomic E-state index is 0.0417. The van der Waals surface area contributed by atoms with Crippen LogP contribution in [0.25, 0.3) is 16.8 Å². The molecule has 2 heterocycles. The third-order valence-electron chi connectivity index (χ3n) is 6.56. The minimum atomic E-state index is -1.05. The number of aliphatic hydroxyl groups is 1. The second-order valence-corrected chi connectivity index (χ2v) is 10.0. The molecule has 1 atom stereocenters. The van der Waals surface area contributed by atoms with E-state index in [9.17, 15) is 19.8 Å². The Bertz CT molecular complexity index is 1540. The normalized spacial score (nSPS) is 17.5. The molecule has 188 valence electrons. The largest absolute Gasteiger partial charge is 0.508 e. The van der Waals surface area contributed by atoms with Crippen LogP contribution in [0.2, 0.25) is 0 Å². The number of amides is 1. The number of fused-ring (bicyclic) bond motifs is 1. The molecule has 4 aromatic rings. The van der Waals surface area contributed by atoms with Crippen LogP contribution >= 0.6 is 0 Å². The lowest BCUT2D eigenvalue weighted by atomic mass is 9.85. The maximum Gasteiger partial charge on any atom is 0.302 e. The fraction of sp³-hybridized carbons (Fsp3) is 0.207. The second kappa shape index (κ2) is 8.81. The molecule has 1 aliphatic heterocycles. The summed E-state index contributed by atoms with van der Waals surface area (Å²) in [7, 11) is 1.47. The Hall–Kier alpha value is -4.59. The Morgan fingerprint density at radius 1 is 1.03 bits per heavy atom. The highest BCUT2D eigenvalue weighted by molar-refractivity contribution is 6.51. The van der Waals surface area contributed by atoms with Crippen molar-refractivity contribution in [3.8, 4) is 11.5 Å². The van der Waals surface area contributed by atoms with Crippen molar-refractivity contribution in [2.45, 2.75) is 32.2 Å². The van der Waals surface area contributed by atoms with E-state index in [0.29, 0.717) is 27.9 Å². The first-order chi connectivity index (χ1) is 17.6. The average molecular weight is 498 g/mol. The number of aliphatic hydroxyl groups excluding tert-OH is 1. The molecule has 3 N–H and O–H groups in total. The molecule has 0 bridgehead atoms. The van der Waals surface area contributed by atoms with E-state index < -0.39 is 17.7 Å². The van der Waals surface area contributed by atoms with Gasteiger partial charge in [-0.1, -0.05) is 51.1 Å². The van der Waals surface area contributed by atoms with E-state index in [4.69, 9.17) is 4.74 Å². The summed E-state index contributed by atoms with van der Waals surface area (Å²) in [6.07, 6.45) is 0. The standard InChI is InChI=1S/C29H27N3O5/c1-29(2,3)17-12-13-22(37-4)19(15-17)25(34)23-24(16-8-7-9-18(33)14-16)32(27(36)26(23)35)28-30-20-10-5-6-11-21(20)31-28/h5-15,24,33-34H,1-4H3,(H,30,31)/b25-23+. The molecule has 8 nitrogen and oxygen atoms in total. The number of aromatic amines is 1. The summed E-state index contributed by atoms with van der Waals surface area (Å²) in [5.41, 5.74) is 2.58. The molecular formula is C29H27N3O5. The molecule has 1 fully saturated rings. The number of ketones is 1. The van der Waals surface area contributed by atoms with E-state index in [1.165, 1.54) is 24.1 Å². The van der Waals surface area contributed by atoms with Gasteiger partial charge in [0.05, 0.1) is 35.3 Å². The second-order valence-electron chi connectivity index (χ2n) is 10.0. The monoisotopic (exact) mass is 497 g/mol. The van der Waals surface area contributed by atoms with Crippen molar-refractivity contribution in [3.63, 3.8) is 0 Å². The van der Waals surface area contributed by atoms with E-state index >= 15 is 0 Å². The molecule has 5 rings (SSSR count). The summed E-state index contributed by atoms with van der Waals surface area (Å²) in [4.78, 5) is 35.8. The molecule has 1 saturated heterocycles. The van der Waals surface area contributed by atoms with Crippen molar-refractivity contribution in [1.29, 1.82) is 0 Å². The van der Waals surface area contributed by atoms with E-state index in [-0.39, 0.29) is 28.4 Å². The quantitative estimate of drug-likeness (QED) is 0.203. The summed E-state index contributed by atoms with van der Waals surface area (Å²) in [6, 6.07) is 17.9. The Morgan fingerprint density at radius 3 is 2.46 bits per heavy atom. The number of methoxy groups -OCH3 is 1. The lowest BCUT2D eigenvalue weighted by Gasteiger charge is -2.24. The van der Waals surface area contributed by atoms with Crippen LogP contribution in [0.5, 0.6) is 11.5 Å². The Balaban J connectivity index is 1.77. The topological polar surface area (TPSA) is 116 Å². The van der Waals surface area contributed by atoms with Gasteiger partial charge >= 0.3 is 5.91 Å². The average Bonchev–Trinajstić information content (AvgIpc) is 3.41. The first-order valence-corrected chi connectivity index (χ1v) is 11.8. The number of anilines is 1. The number of hydrogen-bond donors (Lipinski definition) is 3. The van der Waals surface area contributed by atoms with Crippen LogP contribution in [-0.2, 0) is 15.0 Å². The lowest BCUT2D eigenvalue weighted by Crippen LogP contribution is -2.30. The zero-order valence-electron chi connectivity index (χ0n) is 20.9. The van der Waals surface area contributed by atoms with Gasteiger partial charge in [0.15, 0.2) is 0 Å². The van der Waals surface area contributed by atoms with Gasteiger partial charge in [0.25, 0.3) is 5.78 Å². The van der Waals surface area contributed by atoms with Gasteiger partial charge in [0, 0.05) is 0 Å². The predicted octanol–water partition coefficient (Wildman–Crippen LogP) is 5.20. The van der Waals surface area contributed by atoms with Crippen molar-refractivity contribution in [3.05, 3.63) is 89.0 Å². The number of carbonyl (C=O) groups is 2. The molecule has 0 radical (unpaired) electrons. The van der Waals surface area contributed by atoms with Crippen molar-refractivity contribution >= 4 is 34.4 Å². The number of H-pyrrole nitrogens is 1. The van der Waals surface area contributed by atoms with Crippen molar-refractivity contribution in [2.75, 3.05) is 12.0 Å². The molecule has 0 spiro atoms. The van der Waals surface area contributed by atoms with Crippen molar-refractivity contribution < 1.29 is 24.5 Å². The van der Waals surface area contributed by atoms with Gasteiger partial charge in [-0.05, 0) is 52.9 Å². The van der Waals surface area contributed by atoms with Gasteiger partial charge in [-0.2, -0.15) is 0 Å². The van der Waals surface area contributed by atoms with Crippen LogP contribution in [0.3, 0.4) is 0 Å². The third-order valence-corrected chi connectivity index (χ3v) is 6.56. The number of aromatic hydroxyl groups is 1. The first kappa shape index (κ1) is 24.1. The fourth-order valence-electron chi connectivity index (χ4n) is 4.62. The number of nitrogens with zero attached hydrogens (tertiary/aromatic N) is 2. The maximum atomic E-state index is 13.5. The number of carbonyl (C=O) groups excluding carboxylic acids is 2. The molecule has 1 amide bonds. The lowest BCUT2D eigenvalue weighted by molar-refractivity contribution is -0.132. The predicted molar refractivity (Wildman–Crippen MR) is 141 cm³/mol. The van der Waals surface area contributed by atoms with Crippen LogP contribution in [0.15, 0.2) is 72.3 Å². The number of hydrogen-bond acceptors (Lipinski definition) is 6.